The highest BCUT2D eigenvalue weighted by Gasteiger charge is 1.96. The van der Waals surface area contributed by atoms with E-state index in [0.717, 1.165) is 5.75 Å². The Morgan fingerprint density at radius 1 is 0.317 bits per heavy atom. The van der Waals surface area contributed by atoms with Gasteiger partial charge in [-0.25, -0.2) is 0 Å². The van der Waals surface area contributed by atoms with Crippen molar-refractivity contribution in [2.75, 3.05) is 152 Å². The first-order valence-electron chi connectivity index (χ1n) is 14.4. The molecule has 0 aromatic heterocycles. The third-order valence-corrected chi connectivity index (χ3v) is 5.02. The van der Waals surface area contributed by atoms with Crippen LogP contribution in [0.25, 0.3) is 0 Å². The Balaban J connectivity index is 1.61. The molecule has 1 aromatic carbocycles. The largest absolute Gasteiger partial charge is 0.491 e. The van der Waals surface area contributed by atoms with Gasteiger partial charge in [-0.05, 0) is 12.1 Å². The van der Waals surface area contributed by atoms with Gasteiger partial charge in [-0.2, -0.15) is 0 Å². The summed E-state index contributed by atoms with van der Waals surface area (Å²) in [5.41, 5.74) is 0. The second kappa shape index (κ2) is 33.1. The first-order chi connectivity index (χ1) is 20.4. The first kappa shape index (κ1) is 37.6. The van der Waals surface area contributed by atoms with Crippen molar-refractivity contribution in [3.05, 3.63) is 30.3 Å². The predicted octanol–water partition coefficient (Wildman–Crippen LogP) is 1.88. The summed E-state index contributed by atoms with van der Waals surface area (Å²) in [4.78, 5) is 0. The van der Waals surface area contributed by atoms with E-state index in [0.29, 0.717) is 145 Å². The van der Waals surface area contributed by atoms with E-state index in [2.05, 4.69) is 0 Å². The molecule has 0 aliphatic carbocycles. The molecule has 0 unspecified atom stereocenters. The Labute approximate surface area is 245 Å². The monoisotopic (exact) mass is 592 g/mol. The van der Waals surface area contributed by atoms with Gasteiger partial charge < -0.3 is 56.8 Å². The van der Waals surface area contributed by atoms with Crippen LogP contribution in [-0.4, -0.2) is 152 Å². The number of ether oxygens (including phenoxy) is 12. The van der Waals surface area contributed by atoms with E-state index in [1.807, 2.05) is 30.3 Å². The van der Waals surface area contributed by atoms with E-state index in [1.54, 1.807) is 7.11 Å². The topological polar surface area (TPSA) is 111 Å². The van der Waals surface area contributed by atoms with E-state index in [1.165, 1.54) is 0 Å². The molecule has 0 bridgehead atoms. The van der Waals surface area contributed by atoms with Gasteiger partial charge in [-0.1, -0.05) is 18.2 Å². The van der Waals surface area contributed by atoms with E-state index in [9.17, 15) is 0 Å². The highest BCUT2D eigenvalue weighted by atomic mass is 16.6. The maximum Gasteiger partial charge on any atom is 0.119 e. The van der Waals surface area contributed by atoms with Gasteiger partial charge in [-0.15, -0.1) is 0 Å². The van der Waals surface area contributed by atoms with Crippen LogP contribution in [0.3, 0.4) is 0 Å². The van der Waals surface area contributed by atoms with Crippen molar-refractivity contribution in [2.24, 2.45) is 0 Å². The summed E-state index contributed by atoms with van der Waals surface area (Å²) < 4.78 is 64.8. The average Bonchev–Trinajstić information content (AvgIpc) is 3.00. The van der Waals surface area contributed by atoms with Crippen LogP contribution < -0.4 is 4.74 Å². The van der Waals surface area contributed by atoms with Gasteiger partial charge in [-0.3, -0.25) is 0 Å². The SMILES string of the molecule is COCCOCCOCCOCCOCCOCCOCCOCCOCCOCCOCCOc1ccccc1. The van der Waals surface area contributed by atoms with Gasteiger partial charge >= 0.3 is 0 Å². The predicted molar refractivity (Wildman–Crippen MR) is 152 cm³/mol. The second-order valence-electron chi connectivity index (χ2n) is 8.28. The highest BCUT2D eigenvalue weighted by molar-refractivity contribution is 5.20. The van der Waals surface area contributed by atoms with E-state index >= 15 is 0 Å². The van der Waals surface area contributed by atoms with Gasteiger partial charge in [0.15, 0.2) is 0 Å². The minimum Gasteiger partial charge on any atom is -0.491 e. The zero-order valence-corrected chi connectivity index (χ0v) is 24.8. The number of rotatable bonds is 34. The van der Waals surface area contributed by atoms with Gasteiger partial charge in [0.2, 0.25) is 0 Å². The van der Waals surface area contributed by atoms with Gasteiger partial charge in [0.25, 0.3) is 0 Å². The summed E-state index contributed by atoms with van der Waals surface area (Å²) in [5, 5.41) is 0. The van der Waals surface area contributed by atoms with Crippen molar-refractivity contribution in [3.8, 4) is 5.75 Å². The quantitative estimate of drug-likeness (QED) is 0.109. The summed E-state index contributed by atoms with van der Waals surface area (Å²) in [6.45, 7) is 11.7. The molecular formula is C29H52O12. The fourth-order valence-corrected chi connectivity index (χ4v) is 2.96. The lowest BCUT2D eigenvalue weighted by Gasteiger charge is -2.09. The molecule has 0 fully saturated rings. The molecule has 12 heteroatoms. The molecule has 0 heterocycles. The molecule has 41 heavy (non-hydrogen) atoms. The number of methoxy groups -OCH3 is 1. The molecule has 0 N–H and O–H groups in total. The first-order valence-corrected chi connectivity index (χ1v) is 14.4. The highest BCUT2D eigenvalue weighted by Crippen LogP contribution is 2.07. The fourth-order valence-electron chi connectivity index (χ4n) is 2.96. The number of hydrogen-bond donors (Lipinski definition) is 0. The number of hydrogen-bond acceptors (Lipinski definition) is 12. The summed E-state index contributed by atoms with van der Waals surface area (Å²) in [7, 11) is 1.65. The van der Waals surface area contributed by atoms with Crippen LogP contribution >= 0.6 is 0 Å². The van der Waals surface area contributed by atoms with Crippen LogP contribution in [-0.2, 0) is 52.1 Å². The third kappa shape index (κ3) is 29.9. The minimum atomic E-state index is 0.515. The lowest BCUT2D eigenvalue weighted by atomic mass is 10.3. The fraction of sp³-hybridized carbons (Fsp3) is 0.793. The van der Waals surface area contributed by atoms with Crippen LogP contribution in [0.15, 0.2) is 30.3 Å². The van der Waals surface area contributed by atoms with E-state index in [4.69, 9.17) is 56.8 Å². The van der Waals surface area contributed by atoms with E-state index < -0.39 is 0 Å². The summed E-state index contributed by atoms with van der Waals surface area (Å²) in [5.74, 6) is 0.845. The van der Waals surface area contributed by atoms with Crippen LogP contribution in [0, 0.1) is 0 Å². The van der Waals surface area contributed by atoms with E-state index in [-0.39, 0.29) is 0 Å². The van der Waals surface area contributed by atoms with Gasteiger partial charge in [0.05, 0.1) is 139 Å². The lowest BCUT2D eigenvalue weighted by molar-refractivity contribution is -0.0273. The third-order valence-electron chi connectivity index (χ3n) is 5.02. The minimum absolute atomic E-state index is 0.515. The van der Waals surface area contributed by atoms with Crippen molar-refractivity contribution >= 4 is 0 Å². The van der Waals surface area contributed by atoms with Gasteiger partial charge in [0, 0.05) is 7.11 Å². The molecule has 0 amide bonds. The normalized spacial score (nSPS) is 11.3. The second-order valence-corrected chi connectivity index (χ2v) is 8.28. The standard InChI is InChI=1S/C29H52O12/c1-30-7-8-31-9-10-32-11-12-33-13-14-34-15-16-35-17-18-36-19-20-37-21-22-38-23-24-39-25-26-40-27-28-41-29-5-3-2-4-6-29/h2-6H,7-28H2,1H3. The van der Waals surface area contributed by atoms with Crippen LogP contribution in [0.5, 0.6) is 5.75 Å². The zero-order chi connectivity index (χ0) is 29.2. The summed E-state index contributed by atoms with van der Waals surface area (Å²) >= 11 is 0. The maximum absolute atomic E-state index is 5.55. The summed E-state index contributed by atoms with van der Waals surface area (Å²) in [6.07, 6.45) is 0. The molecule has 0 spiro atoms. The molecule has 0 saturated carbocycles. The molecule has 0 aliphatic heterocycles. The van der Waals surface area contributed by atoms with Crippen molar-refractivity contribution in [2.45, 2.75) is 0 Å². The molecule has 0 radical (unpaired) electrons. The van der Waals surface area contributed by atoms with Crippen LogP contribution in [0.4, 0.5) is 0 Å². The van der Waals surface area contributed by atoms with Crippen molar-refractivity contribution in [1.82, 2.24) is 0 Å². The van der Waals surface area contributed by atoms with Crippen molar-refractivity contribution in [1.29, 1.82) is 0 Å². The maximum atomic E-state index is 5.55. The number of para-hydroxylation sites is 1. The Kier molecular flexibility index (Phi) is 30.3. The molecule has 1 rings (SSSR count). The zero-order valence-electron chi connectivity index (χ0n) is 24.8. The average molecular weight is 593 g/mol. The van der Waals surface area contributed by atoms with Crippen molar-refractivity contribution in [3.63, 3.8) is 0 Å². The molecular weight excluding hydrogens is 540 g/mol. The molecule has 0 aliphatic rings. The van der Waals surface area contributed by atoms with Gasteiger partial charge in [0.1, 0.15) is 12.4 Å². The summed E-state index contributed by atoms with van der Waals surface area (Å²) in [6, 6.07) is 9.67. The molecule has 0 atom stereocenters. The molecule has 240 valence electrons. The molecule has 1 aromatic rings. The Morgan fingerprint density at radius 2 is 0.561 bits per heavy atom. The molecule has 0 saturated heterocycles. The molecule has 12 nitrogen and oxygen atoms in total. The Morgan fingerprint density at radius 3 is 0.829 bits per heavy atom. The lowest BCUT2D eigenvalue weighted by Crippen LogP contribution is -2.15. The smallest absolute Gasteiger partial charge is 0.119 e. The van der Waals surface area contributed by atoms with Crippen molar-refractivity contribution < 1.29 is 56.8 Å². The van der Waals surface area contributed by atoms with Crippen LogP contribution in [0.2, 0.25) is 0 Å². The number of benzene rings is 1. The van der Waals surface area contributed by atoms with Crippen LogP contribution in [0.1, 0.15) is 0 Å². The Hall–Kier alpha value is -1.42. The Bertz CT molecular complexity index is 611.